The zero-order valence-corrected chi connectivity index (χ0v) is 33.8. The van der Waals surface area contributed by atoms with Crippen molar-refractivity contribution in [2.24, 2.45) is 5.92 Å². The van der Waals surface area contributed by atoms with E-state index in [9.17, 15) is 34.1 Å². The molecule has 0 aliphatic rings. The normalized spacial score (nSPS) is 13.4. The number of para-hydroxylation sites is 1. The Morgan fingerprint density at radius 3 is 2.26 bits per heavy atom. The number of benzene rings is 4. The number of amides is 1. The second-order valence-corrected chi connectivity index (χ2v) is 15.4. The Morgan fingerprint density at radius 1 is 0.931 bits per heavy atom. The van der Waals surface area contributed by atoms with Gasteiger partial charge in [0.1, 0.15) is 11.6 Å². The van der Waals surface area contributed by atoms with Crippen molar-refractivity contribution in [1.29, 1.82) is 0 Å². The Labute approximate surface area is 342 Å². The Hall–Kier alpha value is -5.49. The number of fused-ring (bicyclic) bond motifs is 1. The van der Waals surface area contributed by atoms with Gasteiger partial charge in [0.15, 0.2) is 5.60 Å². The van der Waals surface area contributed by atoms with Crippen molar-refractivity contribution in [3.63, 3.8) is 0 Å². The van der Waals surface area contributed by atoms with Gasteiger partial charge in [0.25, 0.3) is 5.91 Å². The van der Waals surface area contributed by atoms with E-state index < -0.39 is 35.7 Å². The number of hydrogen-bond acceptors (Lipinski definition) is 7. The summed E-state index contributed by atoms with van der Waals surface area (Å²) in [6.07, 6.45) is 1.22. The highest BCUT2D eigenvalue weighted by molar-refractivity contribution is 6.30. The van der Waals surface area contributed by atoms with Crippen LogP contribution in [-0.2, 0) is 20.7 Å². The van der Waals surface area contributed by atoms with Gasteiger partial charge in [0.2, 0.25) is 0 Å². The first-order valence-electron chi connectivity index (χ1n) is 19.3. The Bertz CT molecular complexity index is 2200. The van der Waals surface area contributed by atoms with Crippen LogP contribution in [0.1, 0.15) is 74.6 Å². The molecule has 0 aliphatic carbocycles. The molecule has 3 unspecified atom stereocenters. The van der Waals surface area contributed by atoms with Gasteiger partial charge in [-0.15, -0.1) is 0 Å². The van der Waals surface area contributed by atoms with Crippen LogP contribution >= 0.6 is 11.6 Å². The maximum atomic E-state index is 13.8. The number of aliphatic hydroxyl groups is 2. The van der Waals surface area contributed by atoms with Crippen LogP contribution in [0.3, 0.4) is 0 Å². The van der Waals surface area contributed by atoms with Crippen molar-refractivity contribution in [3.8, 4) is 16.9 Å². The number of aliphatic hydroxyl groups excluding tert-OH is 2. The van der Waals surface area contributed by atoms with E-state index in [0.29, 0.717) is 29.3 Å². The molecule has 0 radical (unpaired) electrons. The third kappa shape index (κ3) is 11.3. The van der Waals surface area contributed by atoms with Gasteiger partial charge in [-0.2, -0.15) is 0 Å². The SMILES string of the molecule is CC(C)n1c(/C=C/C(O)CC(O)C(CCCOC(=O)C(C)(C)Oc2ccc(CCNC(=O)c3ccc(Cl)cc3)cc2)C(=O)O)c(-c2ccc(F)cc2)c2ccccc21. The average molecular weight is 813 g/mol. The van der Waals surface area contributed by atoms with Crippen molar-refractivity contribution in [1.82, 2.24) is 9.88 Å². The third-order valence-electron chi connectivity index (χ3n) is 9.82. The fourth-order valence-electron chi connectivity index (χ4n) is 6.82. The van der Waals surface area contributed by atoms with Gasteiger partial charge in [-0.1, -0.05) is 60.1 Å². The predicted octanol–water partition coefficient (Wildman–Crippen LogP) is 8.66. The number of carbonyl (C=O) groups excluding carboxylic acids is 2. The Balaban J connectivity index is 1.11. The number of halogens is 2. The van der Waals surface area contributed by atoms with E-state index in [1.54, 1.807) is 68.5 Å². The lowest BCUT2D eigenvalue weighted by molar-refractivity contribution is -0.159. The first-order chi connectivity index (χ1) is 27.6. The molecular formula is C46H50ClFN2O8. The highest BCUT2D eigenvalue weighted by Crippen LogP contribution is 2.38. The van der Waals surface area contributed by atoms with Gasteiger partial charge < -0.3 is 34.7 Å². The number of nitrogens with one attached hydrogen (secondary N) is 1. The van der Waals surface area contributed by atoms with Gasteiger partial charge in [-0.25, -0.2) is 9.18 Å². The molecule has 0 aliphatic heterocycles. The summed E-state index contributed by atoms with van der Waals surface area (Å²) >= 11 is 5.89. The summed E-state index contributed by atoms with van der Waals surface area (Å²) in [6.45, 7) is 7.53. The summed E-state index contributed by atoms with van der Waals surface area (Å²) in [5, 5.41) is 36.2. The molecule has 306 valence electrons. The quantitative estimate of drug-likeness (QED) is 0.0479. The molecule has 5 aromatic rings. The summed E-state index contributed by atoms with van der Waals surface area (Å²) in [5.41, 5.74) is 3.53. The highest BCUT2D eigenvalue weighted by atomic mass is 35.5. The van der Waals surface area contributed by atoms with Crippen LogP contribution in [0.4, 0.5) is 4.39 Å². The summed E-state index contributed by atoms with van der Waals surface area (Å²) in [7, 11) is 0. The first kappa shape index (κ1) is 43.6. The van der Waals surface area contributed by atoms with E-state index in [1.807, 2.05) is 50.2 Å². The molecule has 1 heterocycles. The molecule has 0 bridgehead atoms. The standard InChI is InChI=1S/C46H50ClFN2O8/c1-29(2)50-39-10-6-5-8-37(39)42(31-15-19-34(48)20-16-31)40(50)24-21-35(51)28-41(52)38(44(54)55)9-7-27-57-45(56)46(3,4)58-36-22-11-30(12-23-36)25-26-49-43(53)32-13-17-33(47)18-14-32/h5-6,8,10-24,29,35,38,41,51-52H,7,9,25-28H2,1-4H3,(H,49,53)(H,54,55)/b24-21+. The minimum absolute atomic E-state index is 0.000575. The molecule has 0 spiro atoms. The molecule has 0 saturated carbocycles. The topological polar surface area (TPSA) is 147 Å². The van der Waals surface area contributed by atoms with Crippen LogP contribution in [0.15, 0.2) is 103 Å². The number of ether oxygens (including phenoxy) is 2. The van der Waals surface area contributed by atoms with Crippen molar-refractivity contribution in [2.75, 3.05) is 13.2 Å². The van der Waals surface area contributed by atoms with Crippen LogP contribution in [-0.4, -0.2) is 68.7 Å². The van der Waals surface area contributed by atoms with E-state index >= 15 is 0 Å². The van der Waals surface area contributed by atoms with Crippen molar-refractivity contribution in [2.45, 2.75) is 77.2 Å². The zero-order chi connectivity index (χ0) is 42.0. The number of carboxylic acid groups (broad SMARTS) is 1. The van der Waals surface area contributed by atoms with E-state index in [1.165, 1.54) is 18.2 Å². The van der Waals surface area contributed by atoms with Gasteiger partial charge in [0.05, 0.1) is 24.7 Å². The largest absolute Gasteiger partial charge is 0.481 e. The minimum atomic E-state index is -1.39. The van der Waals surface area contributed by atoms with Gasteiger partial charge in [-0.05, 0) is 119 Å². The highest BCUT2D eigenvalue weighted by Gasteiger charge is 2.33. The Morgan fingerprint density at radius 2 is 1.60 bits per heavy atom. The van der Waals surface area contributed by atoms with Crippen LogP contribution in [0, 0.1) is 11.7 Å². The van der Waals surface area contributed by atoms with Crippen molar-refractivity contribution < 1.29 is 43.6 Å². The maximum Gasteiger partial charge on any atom is 0.349 e. The van der Waals surface area contributed by atoms with Crippen LogP contribution < -0.4 is 10.1 Å². The van der Waals surface area contributed by atoms with Crippen molar-refractivity contribution in [3.05, 3.63) is 131 Å². The number of nitrogens with zero attached hydrogens (tertiary/aromatic N) is 1. The summed E-state index contributed by atoms with van der Waals surface area (Å²) in [5.74, 6) is -3.20. The van der Waals surface area contributed by atoms with Crippen LogP contribution in [0.25, 0.3) is 28.1 Å². The van der Waals surface area contributed by atoms with Crippen LogP contribution in [0.5, 0.6) is 5.75 Å². The molecular weight excluding hydrogens is 763 g/mol. The third-order valence-corrected chi connectivity index (χ3v) is 10.1. The van der Waals surface area contributed by atoms with E-state index in [0.717, 1.165) is 33.3 Å². The second-order valence-electron chi connectivity index (χ2n) is 15.0. The van der Waals surface area contributed by atoms with E-state index in [-0.39, 0.29) is 43.6 Å². The molecule has 1 amide bonds. The minimum Gasteiger partial charge on any atom is -0.481 e. The predicted molar refractivity (Wildman–Crippen MR) is 223 cm³/mol. The number of rotatable bonds is 19. The molecule has 4 N–H and O–H groups in total. The number of aromatic nitrogens is 1. The molecule has 5 rings (SSSR count). The maximum absolute atomic E-state index is 13.8. The molecule has 0 fully saturated rings. The number of carboxylic acids is 1. The van der Waals surface area contributed by atoms with Gasteiger partial charge in [0, 0.05) is 51.8 Å². The summed E-state index contributed by atoms with van der Waals surface area (Å²) in [4.78, 5) is 37.5. The molecule has 12 heteroatoms. The second kappa shape index (κ2) is 19.8. The van der Waals surface area contributed by atoms with E-state index in [4.69, 9.17) is 21.1 Å². The monoisotopic (exact) mass is 812 g/mol. The van der Waals surface area contributed by atoms with Gasteiger partial charge >= 0.3 is 11.9 Å². The first-order valence-corrected chi connectivity index (χ1v) is 19.7. The van der Waals surface area contributed by atoms with Gasteiger partial charge in [-0.3, -0.25) is 9.59 Å². The Kier molecular flexibility index (Phi) is 14.9. The molecule has 4 aromatic carbocycles. The number of esters is 1. The lowest BCUT2D eigenvalue weighted by atomic mass is 9.92. The number of aliphatic carboxylic acids is 1. The summed E-state index contributed by atoms with van der Waals surface area (Å²) in [6, 6.07) is 27.9. The zero-order valence-electron chi connectivity index (χ0n) is 33.0. The van der Waals surface area contributed by atoms with E-state index in [2.05, 4.69) is 9.88 Å². The lowest BCUT2D eigenvalue weighted by Gasteiger charge is -2.25. The summed E-state index contributed by atoms with van der Waals surface area (Å²) < 4.78 is 27.3. The average Bonchev–Trinajstić information content (AvgIpc) is 3.52. The fourth-order valence-corrected chi connectivity index (χ4v) is 6.95. The fraction of sp³-hybridized carbons (Fsp3) is 0.326. The molecule has 58 heavy (non-hydrogen) atoms. The molecule has 3 atom stereocenters. The number of hydrogen-bond donors (Lipinski definition) is 4. The van der Waals surface area contributed by atoms with Crippen molar-refractivity contribution >= 4 is 46.4 Å². The number of carbonyl (C=O) groups is 3. The molecule has 0 saturated heterocycles. The smallest absolute Gasteiger partial charge is 0.349 e. The lowest BCUT2D eigenvalue weighted by Crippen LogP contribution is -2.40. The van der Waals surface area contributed by atoms with Crippen LogP contribution in [0.2, 0.25) is 5.02 Å². The molecule has 1 aromatic heterocycles. The molecule has 10 nitrogen and oxygen atoms in total.